The number of carboxylic acid groups (broad SMARTS) is 1. The zero-order chi connectivity index (χ0) is 51.3. The fourth-order valence-electron chi connectivity index (χ4n) is 7.92. The van der Waals surface area contributed by atoms with Crippen molar-refractivity contribution in [3.05, 3.63) is 179 Å². The molecule has 374 valence electrons. The van der Waals surface area contributed by atoms with Gasteiger partial charge >= 0.3 is 5.97 Å². The molecule has 2 unspecified atom stereocenters. The van der Waals surface area contributed by atoms with Crippen LogP contribution >= 0.6 is 0 Å². The number of aliphatic hydroxyl groups is 1. The normalized spacial score (nSPS) is 14.5. The van der Waals surface area contributed by atoms with Gasteiger partial charge in [-0.2, -0.15) is 0 Å². The molecule has 71 heavy (non-hydrogen) atoms. The highest BCUT2D eigenvalue weighted by Gasteiger charge is 2.35. The molecule has 0 saturated carbocycles. The van der Waals surface area contributed by atoms with Crippen LogP contribution in [0.5, 0.6) is 0 Å². The number of nitrogens with one attached hydrogen (secondary N) is 6. The van der Waals surface area contributed by atoms with Gasteiger partial charge in [0, 0.05) is 25.7 Å². The van der Waals surface area contributed by atoms with E-state index in [4.69, 9.17) is 5.73 Å². The monoisotopic (exact) mass is 967 g/mol. The lowest BCUT2D eigenvalue weighted by Crippen LogP contribution is -2.61. The maximum Gasteiger partial charge on any atom is 0.326 e. The van der Waals surface area contributed by atoms with E-state index in [2.05, 4.69) is 31.9 Å². The van der Waals surface area contributed by atoms with E-state index >= 15 is 0 Å². The average Bonchev–Trinajstić information content (AvgIpc) is 3.37. The summed E-state index contributed by atoms with van der Waals surface area (Å²) in [5.74, 6) is -6.25. The van der Waals surface area contributed by atoms with E-state index in [1.54, 1.807) is 136 Å². The molecule has 0 aliphatic carbocycles. The van der Waals surface area contributed by atoms with Crippen molar-refractivity contribution in [2.24, 2.45) is 11.7 Å². The van der Waals surface area contributed by atoms with E-state index < -0.39 is 95.7 Å². The average molecular weight is 968 g/mol. The second-order valence-electron chi connectivity index (χ2n) is 17.8. The van der Waals surface area contributed by atoms with Gasteiger partial charge < -0.3 is 47.8 Å². The number of aliphatic carboxylic acids is 1. The molecule has 5 rings (SSSR count). The zero-order valence-electron chi connectivity index (χ0n) is 40.2. The number of carbonyl (C=O) groups is 7. The molecule has 5 aromatic carbocycles. The van der Waals surface area contributed by atoms with Gasteiger partial charge in [-0.3, -0.25) is 28.8 Å². The van der Waals surface area contributed by atoms with E-state index in [1.165, 1.54) is 0 Å². The predicted molar refractivity (Wildman–Crippen MR) is 269 cm³/mol. The fourth-order valence-corrected chi connectivity index (χ4v) is 7.92. The Bertz CT molecular complexity index is 2500. The Balaban J connectivity index is 1.35. The first-order valence-corrected chi connectivity index (χ1v) is 23.8. The molecule has 16 heteroatoms. The second-order valence-corrected chi connectivity index (χ2v) is 17.8. The summed E-state index contributed by atoms with van der Waals surface area (Å²) in [7, 11) is 0. The van der Waals surface area contributed by atoms with Crippen molar-refractivity contribution < 1.29 is 43.8 Å². The quantitative estimate of drug-likeness (QED) is 0.0392. The highest BCUT2D eigenvalue weighted by molar-refractivity contribution is 5.96. The van der Waals surface area contributed by atoms with Crippen molar-refractivity contribution in [2.75, 3.05) is 0 Å². The van der Waals surface area contributed by atoms with Crippen LogP contribution in [0.15, 0.2) is 152 Å². The highest BCUT2D eigenvalue weighted by atomic mass is 16.4. The number of carboxylic acids is 1. The summed E-state index contributed by atoms with van der Waals surface area (Å²) in [4.78, 5) is 96.2. The van der Waals surface area contributed by atoms with Gasteiger partial charge in [-0.05, 0) is 46.6 Å². The molecule has 0 spiro atoms. The standard InChI is InChI=1S/C55H65N7O9/c1-4-42(48(63)54(69)61-45(33-39-26-16-8-17-27-39)52(67)60-46(34-40-28-18-9-19-29-40)53(68)62-47(35(2)3)55(70)71)57-50(65)44(32-38-24-14-7-15-25-38)59-51(66)43(31-37-22-12-6-13-23-37)58-49(64)41(56)30-36-20-10-5-11-21-36/h5-29,35,41-48,63H,4,30-34,56H2,1-3H3,(H,57,65)(H,58,64)(H,59,66)(H,60,67)(H,61,69)(H,62,68)(H,70,71)/t41-,42?,43-,44-,45-,46-,47-,48?/m0/s1. The van der Waals surface area contributed by atoms with Crippen LogP contribution in [0.1, 0.15) is 55.0 Å². The number of aliphatic hydroxyl groups excluding tert-OH is 1. The van der Waals surface area contributed by atoms with E-state index in [1.807, 2.05) is 36.4 Å². The van der Waals surface area contributed by atoms with Gasteiger partial charge in [-0.15, -0.1) is 0 Å². The van der Waals surface area contributed by atoms with Gasteiger partial charge in [-0.1, -0.05) is 172 Å². The first kappa shape index (κ1) is 54.3. The van der Waals surface area contributed by atoms with Crippen molar-refractivity contribution in [1.82, 2.24) is 31.9 Å². The Kier molecular flexibility index (Phi) is 21.0. The molecule has 16 nitrogen and oxygen atoms in total. The third-order valence-corrected chi connectivity index (χ3v) is 11.9. The smallest absolute Gasteiger partial charge is 0.326 e. The molecule has 0 aliphatic heterocycles. The van der Waals surface area contributed by atoms with Crippen LogP contribution in [-0.4, -0.2) is 100 Å². The summed E-state index contributed by atoms with van der Waals surface area (Å²) in [6.07, 6.45) is -1.67. The first-order chi connectivity index (χ1) is 34.1. The molecule has 0 radical (unpaired) electrons. The van der Waals surface area contributed by atoms with Gasteiger partial charge in [0.2, 0.25) is 29.5 Å². The maximum absolute atomic E-state index is 14.3. The molecule has 0 fully saturated rings. The second kappa shape index (κ2) is 27.5. The number of carbonyl (C=O) groups excluding carboxylic acids is 6. The number of amides is 6. The van der Waals surface area contributed by atoms with Gasteiger partial charge in [0.05, 0.1) is 12.1 Å². The Morgan fingerprint density at radius 3 is 1.01 bits per heavy atom. The maximum atomic E-state index is 14.3. The van der Waals surface area contributed by atoms with Crippen LogP contribution in [0.4, 0.5) is 0 Å². The molecule has 5 aromatic rings. The summed E-state index contributed by atoms with van der Waals surface area (Å²) >= 11 is 0. The lowest BCUT2D eigenvalue weighted by molar-refractivity contribution is -0.143. The summed E-state index contributed by atoms with van der Waals surface area (Å²) < 4.78 is 0. The largest absolute Gasteiger partial charge is 0.480 e. The van der Waals surface area contributed by atoms with Crippen LogP contribution in [0.2, 0.25) is 0 Å². The Morgan fingerprint density at radius 2 is 0.704 bits per heavy atom. The minimum Gasteiger partial charge on any atom is -0.480 e. The number of nitrogens with two attached hydrogens (primary N) is 1. The van der Waals surface area contributed by atoms with Gasteiger partial charge in [0.25, 0.3) is 5.91 Å². The molecule has 0 aliphatic rings. The third-order valence-electron chi connectivity index (χ3n) is 11.9. The minimum atomic E-state index is -1.91. The van der Waals surface area contributed by atoms with E-state index in [-0.39, 0.29) is 38.5 Å². The molecule has 0 saturated heterocycles. The van der Waals surface area contributed by atoms with Crippen LogP contribution < -0.4 is 37.6 Å². The van der Waals surface area contributed by atoms with Gasteiger partial charge in [0.1, 0.15) is 30.2 Å². The van der Waals surface area contributed by atoms with Crippen LogP contribution in [0.3, 0.4) is 0 Å². The molecule has 0 aromatic heterocycles. The summed E-state index contributed by atoms with van der Waals surface area (Å²) in [6.45, 7) is 4.92. The summed E-state index contributed by atoms with van der Waals surface area (Å²) in [5.41, 5.74) is 9.89. The molecule has 0 heterocycles. The Labute approximate surface area is 414 Å². The van der Waals surface area contributed by atoms with Crippen molar-refractivity contribution in [3.63, 3.8) is 0 Å². The van der Waals surface area contributed by atoms with Gasteiger partial charge in [0.15, 0.2) is 6.10 Å². The Morgan fingerprint density at radius 1 is 0.423 bits per heavy atom. The number of hydrogen-bond acceptors (Lipinski definition) is 9. The first-order valence-electron chi connectivity index (χ1n) is 23.8. The fraction of sp³-hybridized carbons (Fsp3) is 0.327. The summed E-state index contributed by atoms with van der Waals surface area (Å²) in [6, 6.07) is 36.2. The van der Waals surface area contributed by atoms with Crippen LogP contribution in [0.25, 0.3) is 0 Å². The molecule has 10 N–H and O–H groups in total. The molecule has 0 bridgehead atoms. The Hall–Kier alpha value is -7.69. The van der Waals surface area contributed by atoms with Crippen molar-refractivity contribution >= 4 is 41.4 Å². The molecule has 8 atom stereocenters. The summed E-state index contributed by atoms with van der Waals surface area (Å²) in [5, 5.41) is 37.7. The molecule has 6 amide bonds. The highest BCUT2D eigenvalue weighted by Crippen LogP contribution is 2.13. The zero-order valence-corrected chi connectivity index (χ0v) is 40.2. The van der Waals surface area contributed by atoms with Crippen molar-refractivity contribution in [1.29, 1.82) is 0 Å². The lowest BCUT2D eigenvalue weighted by atomic mass is 9.99. The number of benzene rings is 5. The van der Waals surface area contributed by atoms with Crippen molar-refractivity contribution in [2.45, 2.75) is 108 Å². The molecular formula is C55H65N7O9. The van der Waals surface area contributed by atoms with Gasteiger partial charge in [-0.25, -0.2) is 4.79 Å². The molecular weight excluding hydrogens is 903 g/mol. The number of hydrogen-bond donors (Lipinski definition) is 9. The van der Waals surface area contributed by atoms with Crippen LogP contribution in [0, 0.1) is 5.92 Å². The lowest BCUT2D eigenvalue weighted by Gasteiger charge is -2.29. The van der Waals surface area contributed by atoms with Crippen LogP contribution in [-0.2, 0) is 65.7 Å². The third kappa shape index (κ3) is 17.3. The minimum absolute atomic E-state index is 0.00189. The SMILES string of the molecule is CCC(NC(=O)[C@H](Cc1ccccc1)NC(=O)[C@H](Cc1ccccc1)NC(=O)[C@@H](N)Cc1ccccc1)C(O)C(=O)N[C@@H](Cc1ccccc1)C(=O)N[C@@H](Cc1ccccc1)C(=O)N[C@H](C(=O)O)C(C)C. The predicted octanol–water partition coefficient (Wildman–Crippen LogP) is 2.95. The van der Waals surface area contributed by atoms with E-state index in [9.17, 15) is 43.8 Å². The van der Waals surface area contributed by atoms with E-state index in [0.29, 0.717) is 16.7 Å². The van der Waals surface area contributed by atoms with Crippen molar-refractivity contribution in [3.8, 4) is 0 Å². The van der Waals surface area contributed by atoms with E-state index in [0.717, 1.165) is 11.1 Å². The topological polar surface area (TPSA) is 258 Å². The number of rotatable bonds is 26.